The molecule has 384 valence electrons. The molecule has 1 saturated heterocycles. The summed E-state index contributed by atoms with van der Waals surface area (Å²) in [5.74, 6) is -1.68. The number of nitrogens with zero attached hydrogens (tertiary/aromatic N) is 8. The van der Waals surface area contributed by atoms with Gasteiger partial charge >= 0.3 is 18.0 Å². The van der Waals surface area contributed by atoms with Crippen LogP contribution in [0.4, 0.5) is 16.6 Å². The van der Waals surface area contributed by atoms with Gasteiger partial charge in [-0.15, -0.1) is 5.10 Å². The SMILES string of the molecule is CCCCCNc1nc(N)nc2ccn(Cc3ccc(CN4CCN(C(=O)NCCOCCOCCOCCn5cc(CNC(=O)CC(C(=O)O)C6CC6SC[C@H](N)C(=O)O)nn5)CC4)cc3OC)c12. The fourth-order valence-electron chi connectivity index (χ4n) is 8.09. The molecule has 6 rings (SSSR count). The van der Waals surface area contributed by atoms with E-state index in [1.165, 1.54) is 11.8 Å². The number of fused-ring (bicyclic) bond motifs is 1. The van der Waals surface area contributed by atoms with Crippen LogP contribution in [0.25, 0.3) is 11.0 Å². The Morgan fingerprint density at radius 1 is 0.914 bits per heavy atom. The Morgan fingerprint density at radius 3 is 2.40 bits per heavy atom. The van der Waals surface area contributed by atoms with Gasteiger partial charge in [-0.25, -0.2) is 14.5 Å². The lowest BCUT2D eigenvalue weighted by atomic mass is 9.99. The van der Waals surface area contributed by atoms with Gasteiger partial charge in [-0.2, -0.15) is 16.7 Å². The average Bonchev–Trinajstić information content (AvgIpc) is 3.77. The molecule has 4 atom stereocenters. The smallest absolute Gasteiger partial charge is 0.321 e. The number of thioether (sulfide) groups is 1. The molecular weight excluding hydrogens is 927 g/mol. The number of aromatic nitrogens is 6. The van der Waals surface area contributed by atoms with Gasteiger partial charge in [0.1, 0.15) is 23.0 Å². The lowest BCUT2D eigenvalue weighted by molar-refractivity contribution is -0.144. The Hall–Kier alpha value is -5.79. The van der Waals surface area contributed by atoms with E-state index >= 15 is 0 Å². The molecule has 1 saturated carbocycles. The molecule has 0 radical (unpaired) electrons. The van der Waals surface area contributed by atoms with Gasteiger partial charge in [0.25, 0.3) is 0 Å². The van der Waals surface area contributed by atoms with Gasteiger partial charge in [-0.05, 0) is 36.5 Å². The molecule has 24 heteroatoms. The number of ether oxygens (including phenoxy) is 4. The minimum Gasteiger partial charge on any atom is -0.496 e. The van der Waals surface area contributed by atoms with Gasteiger partial charge in [-0.1, -0.05) is 37.1 Å². The molecule has 1 aliphatic heterocycles. The number of rotatable bonds is 32. The van der Waals surface area contributed by atoms with E-state index in [0.717, 1.165) is 79.2 Å². The maximum atomic E-state index is 12.9. The zero-order valence-electron chi connectivity index (χ0n) is 40.1. The van der Waals surface area contributed by atoms with Crippen LogP contribution in [-0.2, 0) is 54.8 Å². The lowest BCUT2D eigenvalue weighted by Gasteiger charge is -2.34. The van der Waals surface area contributed by atoms with Crippen molar-refractivity contribution in [3.8, 4) is 5.75 Å². The fourth-order valence-corrected chi connectivity index (χ4v) is 9.48. The summed E-state index contributed by atoms with van der Waals surface area (Å²) in [6.45, 7) is 10.2. The number of hydrogen-bond donors (Lipinski definition) is 7. The van der Waals surface area contributed by atoms with E-state index in [9.17, 15) is 24.3 Å². The van der Waals surface area contributed by atoms with Gasteiger partial charge in [0.15, 0.2) is 5.82 Å². The van der Waals surface area contributed by atoms with E-state index in [1.54, 1.807) is 18.0 Å². The third kappa shape index (κ3) is 16.7. The largest absolute Gasteiger partial charge is 0.496 e. The van der Waals surface area contributed by atoms with Crippen LogP contribution in [0.1, 0.15) is 55.8 Å². The summed E-state index contributed by atoms with van der Waals surface area (Å²) in [5.41, 5.74) is 16.0. The monoisotopic (exact) mass is 996 g/mol. The number of methoxy groups -OCH3 is 1. The number of nitrogens with two attached hydrogens (primary N) is 2. The van der Waals surface area contributed by atoms with Gasteiger partial charge in [0.05, 0.1) is 84.0 Å². The van der Waals surface area contributed by atoms with E-state index in [-0.39, 0.29) is 41.9 Å². The van der Waals surface area contributed by atoms with Crippen molar-refractivity contribution in [1.82, 2.24) is 50.0 Å². The predicted molar refractivity (Wildman–Crippen MR) is 262 cm³/mol. The van der Waals surface area contributed by atoms with E-state index in [0.29, 0.717) is 84.5 Å². The first-order chi connectivity index (χ1) is 33.9. The number of urea groups is 1. The zero-order chi connectivity index (χ0) is 49.8. The van der Waals surface area contributed by atoms with E-state index in [2.05, 4.69) is 70.8 Å². The van der Waals surface area contributed by atoms with Crippen LogP contribution >= 0.6 is 11.8 Å². The maximum absolute atomic E-state index is 12.9. The van der Waals surface area contributed by atoms with Crippen LogP contribution in [-0.4, -0.2) is 176 Å². The molecule has 3 amide bonds. The summed E-state index contributed by atoms with van der Waals surface area (Å²) in [6, 6.07) is 7.18. The van der Waals surface area contributed by atoms with Crippen molar-refractivity contribution in [2.24, 2.45) is 17.6 Å². The molecule has 2 fully saturated rings. The molecular formula is C46H69N13O10S. The summed E-state index contributed by atoms with van der Waals surface area (Å²) in [5, 5.41) is 35.8. The molecule has 4 aromatic rings. The van der Waals surface area contributed by atoms with Gasteiger partial charge in [-0.3, -0.25) is 19.3 Å². The molecule has 70 heavy (non-hydrogen) atoms. The Kier molecular flexibility index (Phi) is 21.1. The Morgan fingerprint density at radius 2 is 1.67 bits per heavy atom. The number of benzene rings is 1. The van der Waals surface area contributed by atoms with Crippen LogP contribution in [0.5, 0.6) is 5.75 Å². The van der Waals surface area contributed by atoms with E-state index < -0.39 is 29.8 Å². The molecule has 9 N–H and O–H groups in total. The zero-order valence-corrected chi connectivity index (χ0v) is 40.9. The number of hydrogen-bond acceptors (Lipinski definition) is 17. The highest BCUT2D eigenvalue weighted by Gasteiger charge is 2.47. The number of carbonyl (C=O) groups excluding carboxylic acids is 2. The highest BCUT2D eigenvalue weighted by Crippen LogP contribution is 2.48. The highest BCUT2D eigenvalue weighted by atomic mass is 32.2. The number of anilines is 2. The summed E-state index contributed by atoms with van der Waals surface area (Å²) in [7, 11) is 1.69. The Balaban J connectivity index is 0.768. The standard InChI is InChI=1S/C46H69N13O10S/c1-3-4-5-9-49-42-41-37(52-45(48)53-42)8-11-58(41)28-32-7-6-31(23-38(32)66-2)27-56-12-14-57(15-13-56)46(65)50-10-17-67-19-21-69-22-20-68-18-16-59-29-33(54-55-59)26-51-40(60)25-35(43(61)62)34-24-39(34)70-30-36(47)44(63)64/h6-8,11,23,29,34-36,39H,3-5,9-10,12-22,24-28,30,47H2,1-2H3,(H,50,65)(H,51,60)(H,61,62)(H,63,64)(H3,48,49,52,53)/t34?,35?,36-,39?/m0/s1. The second-order valence-electron chi connectivity index (χ2n) is 17.3. The van der Waals surface area contributed by atoms with Gasteiger partial charge in [0.2, 0.25) is 11.9 Å². The predicted octanol–water partition coefficient (Wildman–Crippen LogP) is 2.08. The second kappa shape index (κ2) is 27.6. The number of aliphatic carboxylic acids is 2. The normalized spacial score (nSPS) is 16.8. The summed E-state index contributed by atoms with van der Waals surface area (Å²) in [6.07, 6.45) is 7.43. The van der Waals surface area contributed by atoms with E-state index in [4.69, 9.17) is 35.5 Å². The molecule has 23 nitrogen and oxygen atoms in total. The molecule has 1 aromatic carbocycles. The Bertz CT molecular complexity index is 2310. The van der Waals surface area contributed by atoms with Crippen molar-refractivity contribution in [3.05, 3.63) is 53.5 Å². The summed E-state index contributed by atoms with van der Waals surface area (Å²) < 4.78 is 26.4. The molecule has 1 aliphatic carbocycles. The number of nitrogen functional groups attached to an aromatic ring is 1. The van der Waals surface area contributed by atoms with Crippen molar-refractivity contribution in [2.75, 3.05) is 103 Å². The van der Waals surface area contributed by atoms with Crippen LogP contribution < -0.4 is 32.2 Å². The van der Waals surface area contributed by atoms with Gasteiger partial charge in [0, 0.05) is 75.0 Å². The first-order valence-corrected chi connectivity index (χ1v) is 25.0. The number of nitrogens with one attached hydrogen (secondary N) is 3. The molecule has 0 bridgehead atoms. The number of carboxylic acids is 2. The third-order valence-corrected chi connectivity index (χ3v) is 13.6. The molecule has 3 aromatic heterocycles. The Labute approximate surface area is 411 Å². The van der Waals surface area contributed by atoms with Gasteiger partial charge < -0.3 is 66.0 Å². The van der Waals surface area contributed by atoms with Crippen molar-refractivity contribution in [2.45, 2.75) is 76.5 Å². The van der Waals surface area contributed by atoms with Crippen molar-refractivity contribution < 1.29 is 48.3 Å². The molecule has 0 spiro atoms. The topological polar surface area (TPSA) is 302 Å². The lowest BCUT2D eigenvalue weighted by Crippen LogP contribution is -2.51. The number of carboxylic acid groups (broad SMARTS) is 2. The van der Waals surface area contributed by atoms with Crippen molar-refractivity contribution in [3.63, 3.8) is 0 Å². The van der Waals surface area contributed by atoms with Crippen molar-refractivity contribution >= 4 is 58.4 Å². The van der Waals surface area contributed by atoms with Crippen LogP contribution in [0, 0.1) is 11.8 Å². The van der Waals surface area contributed by atoms with Crippen LogP contribution in [0.15, 0.2) is 36.7 Å². The van der Waals surface area contributed by atoms with E-state index in [1.807, 2.05) is 17.2 Å². The average molecular weight is 996 g/mol. The van der Waals surface area contributed by atoms with Crippen LogP contribution in [0.2, 0.25) is 0 Å². The number of carbonyl (C=O) groups is 4. The maximum Gasteiger partial charge on any atom is 0.321 e. The number of amides is 3. The first kappa shape index (κ1) is 53.6. The fraction of sp³-hybridized carbons (Fsp3) is 0.609. The minimum absolute atomic E-state index is 0.0315. The number of unbranched alkanes of at least 4 members (excludes halogenated alkanes) is 2. The second-order valence-corrected chi connectivity index (χ2v) is 18.6. The highest BCUT2D eigenvalue weighted by molar-refractivity contribution is 8.00. The summed E-state index contributed by atoms with van der Waals surface area (Å²) >= 11 is 1.33. The molecule has 3 unspecified atom stereocenters. The first-order valence-electron chi connectivity index (χ1n) is 23.9. The molecule has 4 heterocycles. The minimum atomic E-state index is -1.10. The summed E-state index contributed by atoms with van der Waals surface area (Å²) in [4.78, 5) is 61.3. The molecule has 2 aliphatic rings. The van der Waals surface area contributed by atoms with Crippen molar-refractivity contribution in [1.29, 1.82) is 0 Å². The quantitative estimate of drug-likeness (QED) is 0.0345. The van der Waals surface area contributed by atoms with Crippen LogP contribution in [0.3, 0.4) is 0 Å². The third-order valence-electron chi connectivity index (χ3n) is 12.1. The number of piperazine rings is 1.